The summed E-state index contributed by atoms with van der Waals surface area (Å²) in [6.07, 6.45) is -13.9. The summed E-state index contributed by atoms with van der Waals surface area (Å²) in [5.41, 5.74) is 0. The molecule has 0 aromatic heterocycles. The number of hydrogen-bond donors (Lipinski definition) is 14. The van der Waals surface area contributed by atoms with E-state index in [0.29, 0.717) is 0 Å². The van der Waals surface area contributed by atoms with Crippen LogP contribution in [0.1, 0.15) is 0 Å². The first-order chi connectivity index (χ1) is 17.7. The predicted molar refractivity (Wildman–Crippen MR) is 114 cm³/mol. The van der Waals surface area contributed by atoms with Gasteiger partial charge in [-0.2, -0.15) is 25.9 Å². The molecule has 1 aliphatic rings. The largest absolute Gasteiger partial charge is 0.501 e. The zero-order valence-electron chi connectivity index (χ0n) is 18.5. The Bertz CT molecular complexity index is 1220. The van der Waals surface area contributed by atoms with Crippen molar-refractivity contribution in [3.63, 3.8) is 0 Å². The van der Waals surface area contributed by atoms with Gasteiger partial charge < -0.3 is 69.8 Å². The zero-order valence-corrected chi connectivity index (χ0v) is 24.8. The molecule has 0 aromatic rings. The molecule has 10 atom stereocenters. The molecule has 0 saturated heterocycles. The van der Waals surface area contributed by atoms with Crippen molar-refractivity contribution >= 4 is 54.8 Å². The molecule has 4 unspecified atom stereocenters. The van der Waals surface area contributed by atoms with E-state index < -0.39 is 91.1 Å². The van der Waals surface area contributed by atoms with Crippen molar-refractivity contribution in [1.82, 2.24) is 0 Å². The molecule has 0 amide bonds. The maximum atomic E-state index is 12.6. The van der Waals surface area contributed by atoms with Crippen molar-refractivity contribution in [3.8, 4) is 0 Å². The Hall–Kier alpha value is 0.770. The zero-order chi connectivity index (χ0) is 32.8. The lowest BCUT2D eigenvalue weighted by Crippen LogP contribution is -2.71. The molecule has 0 spiro atoms. The molecular formula is C6H19O28P7. The maximum absolute atomic E-state index is 12.6. The lowest BCUT2D eigenvalue weighted by molar-refractivity contribution is -0.336. The third kappa shape index (κ3) is 12.2. The van der Waals surface area contributed by atoms with Crippen molar-refractivity contribution in [2.24, 2.45) is 0 Å². The molecule has 35 heteroatoms. The molecule has 0 heterocycles. The first-order valence-electron chi connectivity index (χ1n) is 8.88. The van der Waals surface area contributed by atoms with Crippen LogP contribution in [0.4, 0.5) is 0 Å². The van der Waals surface area contributed by atoms with E-state index in [1.807, 2.05) is 0 Å². The first kappa shape index (κ1) is 39.8. The molecule has 0 bridgehead atoms. The summed E-state index contributed by atoms with van der Waals surface area (Å²) in [7, 11) is -46.4. The Kier molecular flexibility index (Phi) is 12.5. The SMILES string of the molecule is O=P(O)(O)OP(=O)(O)OP(=O)(OP(=O)(O)OP(=O)(O)O)OP(=O)(O)OP(=O)(O)O[C@]1(O)[C@H](O)[C@H](O)[C@@H](O)[C@H](O)[C@H]1O. The number of rotatable bonds is 14. The van der Waals surface area contributed by atoms with Gasteiger partial charge in [0.05, 0.1) is 0 Å². The average Bonchev–Trinajstić information content (AvgIpc) is 2.62. The van der Waals surface area contributed by atoms with Crippen molar-refractivity contribution in [2.45, 2.75) is 36.3 Å². The monoisotopic (exact) mass is 756 g/mol. The quantitative estimate of drug-likeness (QED) is 0.0599. The average molecular weight is 756 g/mol. The Morgan fingerprint density at radius 2 is 0.732 bits per heavy atom. The van der Waals surface area contributed by atoms with Crippen LogP contribution in [0.5, 0.6) is 0 Å². The summed E-state index contributed by atoms with van der Waals surface area (Å²) >= 11 is 0. The summed E-state index contributed by atoms with van der Waals surface area (Å²) in [5.74, 6) is -4.09. The van der Waals surface area contributed by atoms with Crippen LogP contribution in [0.15, 0.2) is 0 Å². The van der Waals surface area contributed by atoms with Gasteiger partial charge in [-0.05, 0) is 0 Å². The molecule has 0 aliphatic heterocycles. The highest BCUT2D eigenvalue weighted by atomic mass is 31.3. The highest BCUT2D eigenvalue weighted by Gasteiger charge is 2.62. The first-order valence-corrected chi connectivity index (χ1v) is 19.4. The number of phosphoric ester groups is 1. The van der Waals surface area contributed by atoms with Crippen LogP contribution in [0.3, 0.4) is 0 Å². The van der Waals surface area contributed by atoms with Crippen LogP contribution in [0.2, 0.25) is 0 Å². The standard InChI is InChI=1S/C6H19O28P7/c7-1-2(8)4(10)6(12,5(11)3(1)9)28-37(19,20)31-40(25,26)34-41(27,32-38(21,22)29-35(13,14)15)33-39(23,24)30-36(16,17)18/h1-5,7-12H,(H,19,20)(H,21,22)(H,23,24)(H,25,26)(H2,13,14,15)(H2,16,17,18)/t1-,2-,3+,4-,5-,6-/m1/s1. The van der Waals surface area contributed by atoms with E-state index in [9.17, 15) is 82.2 Å². The second-order valence-corrected chi connectivity index (χ2v) is 17.7. The van der Waals surface area contributed by atoms with Crippen molar-refractivity contribution in [2.75, 3.05) is 0 Å². The second kappa shape index (κ2) is 12.9. The Balaban J connectivity index is 3.41. The fourth-order valence-electron chi connectivity index (χ4n) is 2.42. The minimum Gasteiger partial charge on any atom is -0.387 e. The molecule has 1 rings (SSSR count). The Labute approximate surface area is 223 Å². The van der Waals surface area contributed by atoms with E-state index in [2.05, 4.69) is 30.4 Å². The van der Waals surface area contributed by atoms with Gasteiger partial charge in [-0.15, -0.1) is 0 Å². The number of aliphatic hydroxyl groups excluding tert-OH is 5. The molecule has 0 radical (unpaired) electrons. The summed E-state index contributed by atoms with van der Waals surface area (Å²) in [4.78, 5) is 71.9. The topological polar surface area (TPSA) is 467 Å². The van der Waals surface area contributed by atoms with Crippen molar-refractivity contribution in [1.29, 1.82) is 0 Å². The van der Waals surface area contributed by atoms with Crippen LogP contribution < -0.4 is 0 Å². The van der Waals surface area contributed by atoms with Gasteiger partial charge in [0.15, 0.2) is 0 Å². The van der Waals surface area contributed by atoms with Crippen LogP contribution in [0.25, 0.3) is 0 Å². The Morgan fingerprint density at radius 1 is 0.439 bits per heavy atom. The van der Waals surface area contributed by atoms with Gasteiger partial charge in [0.2, 0.25) is 5.79 Å². The smallest absolute Gasteiger partial charge is 0.387 e. The van der Waals surface area contributed by atoms with E-state index in [4.69, 9.17) is 19.6 Å². The third-order valence-electron chi connectivity index (χ3n) is 3.69. The highest BCUT2D eigenvalue weighted by Crippen LogP contribution is 2.79. The Morgan fingerprint density at radius 3 is 1.02 bits per heavy atom. The van der Waals surface area contributed by atoms with Crippen molar-refractivity contribution in [3.05, 3.63) is 0 Å². The third-order valence-corrected chi connectivity index (χ3v) is 14.1. The fourth-order valence-corrected chi connectivity index (χ4v) is 11.7. The summed E-state index contributed by atoms with van der Waals surface area (Å²) < 4.78 is 105. The lowest BCUT2D eigenvalue weighted by Gasteiger charge is -2.46. The molecule has 1 saturated carbocycles. The molecular weight excluding hydrogens is 737 g/mol. The van der Waals surface area contributed by atoms with Crippen LogP contribution in [-0.4, -0.2) is 106 Å². The van der Waals surface area contributed by atoms with Crippen LogP contribution >= 0.6 is 54.8 Å². The number of hydrogen-bond acceptors (Lipinski definition) is 20. The van der Waals surface area contributed by atoms with Crippen LogP contribution in [-0.2, 0) is 62.3 Å². The van der Waals surface area contributed by atoms with Gasteiger partial charge in [0.1, 0.15) is 30.5 Å². The lowest BCUT2D eigenvalue weighted by atomic mass is 9.82. The summed E-state index contributed by atoms with van der Waals surface area (Å²) in [6, 6.07) is 0. The maximum Gasteiger partial charge on any atom is 0.501 e. The molecule has 1 fully saturated rings. The molecule has 14 N–H and O–H groups in total. The van der Waals surface area contributed by atoms with Gasteiger partial charge in [-0.1, -0.05) is 0 Å². The summed E-state index contributed by atoms with van der Waals surface area (Å²) in [5, 5.41) is 58.3. The van der Waals surface area contributed by atoms with Crippen LogP contribution in [0, 0.1) is 0 Å². The van der Waals surface area contributed by atoms with E-state index in [-0.39, 0.29) is 0 Å². The highest BCUT2D eigenvalue weighted by molar-refractivity contribution is 7.75. The summed E-state index contributed by atoms with van der Waals surface area (Å²) in [6.45, 7) is 0. The molecule has 41 heavy (non-hydrogen) atoms. The van der Waals surface area contributed by atoms with Crippen molar-refractivity contribution < 1.29 is 132 Å². The number of phosphoric acid groups is 7. The number of aliphatic hydroxyl groups is 6. The minimum absolute atomic E-state index is 2.45. The molecule has 28 nitrogen and oxygen atoms in total. The second-order valence-electron chi connectivity index (χ2n) is 7.00. The van der Waals surface area contributed by atoms with Gasteiger partial charge in [0, 0.05) is 0 Å². The molecule has 0 aromatic carbocycles. The predicted octanol–water partition coefficient (Wildman–Crippen LogP) is -3.70. The fraction of sp³-hybridized carbons (Fsp3) is 1.00. The minimum atomic E-state index is -7.12. The van der Waals surface area contributed by atoms with Gasteiger partial charge >= 0.3 is 54.8 Å². The van der Waals surface area contributed by atoms with E-state index in [0.717, 1.165) is 0 Å². The van der Waals surface area contributed by atoms with Gasteiger partial charge in [-0.25, -0.2) is 36.5 Å². The normalized spacial score (nSPS) is 35.3. The molecule has 1 aliphatic carbocycles. The van der Waals surface area contributed by atoms with E-state index >= 15 is 0 Å². The van der Waals surface area contributed by atoms with E-state index in [1.54, 1.807) is 0 Å². The van der Waals surface area contributed by atoms with E-state index in [1.165, 1.54) is 0 Å². The van der Waals surface area contributed by atoms with Gasteiger partial charge in [-0.3, -0.25) is 0 Å². The molecule has 246 valence electrons. The van der Waals surface area contributed by atoms with Gasteiger partial charge in [0.25, 0.3) is 0 Å².